The van der Waals surface area contributed by atoms with Gasteiger partial charge in [0.1, 0.15) is 0 Å². The molecule has 0 heterocycles. The first kappa shape index (κ1) is 17.3. The molecule has 0 saturated heterocycles. The fraction of sp³-hybridized carbons (Fsp3) is 0.909. The Morgan fingerprint density at radius 3 is 2.50 bits per heavy atom. The number of hydrogen-bond acceptors (Lipinski definition) is 5. The second kappa shape index (κ2) is 9.29. The highest BCUT2D eigenvalue weighted by Gasteiger charge is 2.15. The van der Waals surface area contributed by atoms with E-state index in [1.54, 1.807) is 7.05 Å². The standard InChI is InChI=1S/C11H24N2O4S/c1-13(7-3-6-12)11(14)5-10-18(15,16)9-4-8-17-2/h3-10,12H2,1-2H3. The van der Waals surface area contributed by atoms with Crippen LogP contribution in [-0.2, 0) is 19.4 Å². The summed E-state index contributed by atoms with van der Waals surface area (Å²) in [5.74, 6) is -0.179. The molecule has 0 aromatic heterocycles. The minimum Gasteiger partial charge on any atom is -0.385 e. The Morgan fingerprint density at radius 2 is 1.94 bits per heavy atom. The number of carbonyl (C=O) groups is 1. The van der Waals surface area contributed by atoms with Crippen LogP contribution in [0.15, 0.2) is 0 Å². The third kappa shape index (κ3) is 8.43. The van der Waals surface area contributed by atoms with Gasteiger partial charge in [0.25, 0.3) is 0 Å². The van der Waals surface area contributed by atoms with E-state index in [0.29, 0.717) is 26.1 Å². The summed E-state index contributed by atoms with van der Waals surface area (Å²) in [6.07, 6.45) is 1.23. The van der Waals surface area contributed by atoms with E-state index < -0.39 is 9.84 Å². The normalized spacial score (nSPS) is 11.5. The Morgan fingerprint density at radius 1 is 1.28 bits per heavy atom. The van der Waals surface area contributed by atoms with Crippen molar-refractivity contribution in [1.29, 1.82) is 0 Å². The summed E-state index contributed by atoms with van der Waals surface area (Å²) in [6, 6.07) is 0. The maximum absolute atomic E-state index is 11.6. The van der Waals surface area contributed by atoms with Crippen molar-refractivity contribution in [2.45, 2.75) is 19.3 Å². The van der Waals surface area contributed by atoms with Gasteiger partial charge in [-0.1, -0.05) is 0 Å². The topological polar surface area (TPSA) is 89.7 Å². The van der Waals surface area contributed by atoms with Crippen LogP contribution in [0.3, 0.4) is 0 Å². The number of carbonyl (C=O) groups excluding carboxylic acids is 1. The first-order valence-corrected chi connectivity index (χ1v) is 7.88. The lowest BCUT2D eigenvalue weighted by Gasteiger charge is -2.16. The van der Waals surface area contributed by atoms with Gasteiger partial charge in [-0.15, -0.1) is 0 Å². The van der Waals surface area contributed by atoms with Crippen LogP contribution < -0.4 is 5.73 Å². The fourth-order valence-corrected chi connectivity index (χ4v) is 2.66. The zero-order chi connectivity index (χ0) is 14.0. The fourth-order valence-electron chi connectivity index (χ4n) is 1.41. The molecule has 18 heavy (non-hydrogen) atoms. The molecule has 0 rings (SSSR count). The van der Waals surface area contributed by atoms with Crippen molar-refractivity contribution in [3.05, 3.63) is 0 Å². The minimum absolute atomic E-state index is 0.0381. The maximum Gasteiger partial charge on any atom is 0.223 e. The molecule has 0 radical (unpaired) electrons. The summed E-state index contributed by atoms with van der Waals surface area (Å²) < 4.78 is 28.0. The number of amides is 1. The molecule has 0 aromatic carbocycles. The van der Waals surface area contributed by atoms with Crippen LogP contribution in [0.4, 0.5) is 0 Å². The SMILES string of the molecule is COCCCS(=O)(=O)CCC(=O)N(C)CCCN. The van der Waals surface area contributed by atoms with Crippen LogP contribution >= 0.6 is 0 Å². The third-order valence-electron chi connectivity index (χ3n) is 2.55. The molecule has 0 spiro atoms. The number of nitrogens with zero attached hydrogens (tertiary/aromatic N) is 1. The van der Waals surface area contributed by atoms with Crippen molar-refractivity contribution in [1.82, 2.24) is 4.90 Å². The largest absolute Gasteiger partial charge is 0.385 e. The van der Waals surface area contributed by atoms with Gasteiger partial charge < -0.3 is 15.4 Å². The Kier molecular flexibility index (Phi) is 8.95. The molecule has 1 amide bonds. The molecule has 0 saturated carbocycles. The molecule has 108 valence electrons. The summed E-state index contributed by atoms with van der Waals surface area (Å²) in [5, 5.41) is 0. The average Bonchev–Trinajstić information content (AvgIpc) is 2.33. The van der Waals surface area contributed by atoms with E-state index in [1.807, 2.05) is 0 Å². The van der Waals surface area contributed by atoms with E-state index in [4.69, 9.17) is 10.5 Å². The molecular weight excluding hydrogens is 256 g/mol. The van der Waals surface area contributed by atoms with E-state index >= 15 is 0 Å². The summed E-state index contributed by atoms with van der Waals surface area (Å²) in [6.45, 7) is 1.51. The molecule has 0 aliphatic rings. The third-order valence-corrected chi connectivity index (χ3v) is 4.29. The van der Waals surface area contributed by atoms with Gasteiger partial charge in [0.15, 0.2) is 9.84 Å². The van der Waals surface area contributed by atoms with Gasteiger partial charge in [-0.25, -0.2) is 8.42 Å². The highest BCUT2D eigenvalue weighted by atomic mass is 32.2. The minimum atomic E-state index is -3.16. The molecule has 0 fully saturated rings. The summed E-state index contributed by atoms with van der Waals surface area (Å²) >= 11 is 0. The lowest BCUT2D eigenvalue weighted by Crippen LogP contribution is -2.30. The smallest absolute Gasteiger partial charge is 0.223 e. The van der Waals surface area contributed by atoms with Gasteiger partial charge in [-0.2, -0.15) is 0 Å². The molecule has 0 aliphatic heterocycles. The number of rotatable bonds is 10. The number of sulfone groups is 1. The van der Waals surface area contributed by atoms with Gasteiger partial charge in [-0.3, -0.25) is 4.79 Å². The second-order valence-corrected chi connectivity index (χ2v) is 6.51. The van der Waals surface area contributed by atoms with Crippen LogP contribution in [0.5, 0.6) is 0 Å². The average molecular weight is 280 g/mol. The van der Waals surface area contributed by atoms with Crippen LogP contribution in [-0.4, -0.2) is 64.6 Å². The Balaban J connectivity index is 3.95. The van der Waals surface area contributed by atoms with E-state index in [-0.39, 0.29) is 23.8 Å². The molecule has 6 nitrogen and oxygen atoms in total. The first-order chi connectivity index (χ1) is 8.43. The Labute approximate surface area is 109 Å². The van der Waals surface area contributed by atoms with E-state index in [0.717, 1.165) is 6.42 Å². The highest BCUT2D eigenvalue weighted by Crippen LogP contribution is 2.00. The molecule has 0 bridgehead atoms. The molecule has 0 aromatic rings. The summed E-state index contributed by atoms with van der Waals surface area (Å²) in [4.78, 5) is 13.1. The lowest BCUT2D eigenvalue weighted by atomic mass is 10.3. The van der Waals surface area contributed by atoms with Crippen molar-refractivity contribution in [2.75, 3.05) is 45.4 Å². The van der Waals surface area contributed by atoms with E-state index in [1.165, 1.54) is 12.0 Å². The number of ether oxygens (including phenoxy) is 1. The van der Waals surface area contributed by atoms with E-state index in [2.05, 4.69) is 0 Å². The van der Waals surface area contributed by atoms with Crippen LogP contribution in [0.2, 0.25) is 0 Å². The van der Waals surface area contributed by atoms with Crippen LogP contribution in [0.25, 0.3) is 0 Å². The van der Waals surface area contributed by atoms with Crippen LogP contribution in [0, 0.1) is 0 Å². The predicted octanol–water partition coefficient (Wildman–Crippen LogP) is -0.365. The van der Waals surface area contributed by atoms with Gasteiger partial charge >= 0.3 is 0 Å². The number of hydrogen-bond donors (Lipinski definition) is 1. The summed E-state index contributed by atoms with van der Waals surface area (Å²) in [5.41, 5.74) is 5.34. The number of methoxy groups -OCH3 is 1. The number of nitrogens with two attached hydrogens (primary N) is 1. The molecule has 7 heteroatoms. The zero-order valence-corrected chi connectivity index (χ0v) is 12.0. The predicted molar refractivity (Wildman–Crippen MR) is 71.1 cm³/mol. The first-order valence-electron chi connectivity index (χ1n) is 6.06. The van der Waals surface area contributed by atoms with Crippen molar-refractivity contribution in [2.24, 2.45) is 5.73 Å². The quantitative estimate of drug-likeness (QED) is 0.552. The van der Waals surface area contributed by atoms with E-state index in [9.17, 15) is 13.2 Å². The maximum atomic E-state index is 11.6. The monoisotopic (exact) mass is 280 g/mol. The van der Waals surface area contributed by atoms with Gasteiger partial charge in [0.2, 0.25) is 5.91 Å². The van der Waals surface area contributed by atoms with Crippen molar-refractivity contribution < 1.29 is 17.9 Å². The lowest BCUT2D eigenvalue weighted by molar-refractivity contribution is -0.129. The van der Waals surface area contributed by atoms with Crippen LogP contribution in [0.1, 0.15) is 19.3 Å². The van der Waals surface area contributed by atoms with Gasteiger partial charge in [-0.05, 0) is 19.4 Å². The van der Waals surface area contributed by atoms with Gasteiger partial charge in [0, 0.05) is 33.7 Å². The molecule has 0 aliphatic carbocycles. The van der Waals surface area contributed by atoms with Crippen molar-refractivity contribution in [3.8, 4) is 0 Å². The summed E-state index contributed by atoms with van der Waals surface area (Å²) in [7, 11) is 0.0374. The zero-order valence-electron chi connectivity index (χ0n) is 11.2. The van der Waals surface area contributed by atoms with Gasteiger partial charge in [0.05, 0.1) is 11.5 Å². The molecule has 0 atom stereocenters. The second-order valence-electron chi connectivity index (χ2n) is 4.21. The molecule has 2 N–H and O–H groups in total. The highest BCUT2D eigenvalue weighted by molar-refractivity contribution is 7.91. The Hall–Kier alpha value is -0.660. The van der Waals surface area contributed by atoms with Crippen molar-refractivity contribution >= 4 is 15.7 Å². The molecule has 0 unspecified atom stereocenters. The Bertz CT molecular complexity index is 330. The molecular formula is C11H24N2O4S. The van der Waals surface area contributed by atoms with Crippen molar-refractivity contribution in [3.63, 3.8) is 0 Å².